The lowest BCUT2D eigenvalue weighted by atomic mass is 10.1. The third kappa shape index (κ3) is 5.63. The Hall–Kier alpha value is -4.25. The van der Waals surface area contributed by atoms with E-state index in [4.69, 9.17) is 14.2 Å². The number of carbonyl (C=O) groups excluding carboxylic acids is 2. The SMILES string of the molecule is O=C1COc2ncc(N3CC(CCNCC4Cc5cc(OCc6ccccc6)cc(F)c5C4)OC3=O)nc2N1. The van der Waals surface area contributed by atoms with Crippen molar-refractivity contribution in [3.63, 3.8) is 0 Å². The Kier molecular flexibility index (Phi) is 6.97. The van der Waals surface area contributed by atoms with E-state index >= 15 is 0 Å². The van der Waals surface area contributed by atoms with Crippen molar-refractivity contribution in [2.45, 2.75) is 32.0 Å². The van der Waals surface area contributed by atoms with Crippen molar-refractivity contribution in [1.82, 2.24) is 15.3 Å². The second-order valence-electron chi connectivity index (χ2n) is 9.92. The Bertz CT molecular complexity index is 1390. The number of carbonyl (C=O) groups is 2. The molecule has 2 amide bonds. The van der Waals surface area contributed by atoms with E-state index in [1.54, 1.807) is 0 Å². The summed E-state index contributed by atoms with van der Waals surface area (Å²) in [5.74, 6) is 0.985. The maximum Gasteiger partial charge on any atom is 0.415 e. The lowest BCUT2D eigenvalue weighted by molar-refractivity contribution is -0.118. The molecule has 0 bridgehead atoms. The summed E-state index contributed by atoms with van der Waals surface area (Å²) in [5, 5.41) is 6.02. The van der Waals surface area contributed by atoms with Crippen molar-refractivity contribution < 1.29 is 28.2 Å². The zero-order chi connectivity index (χ0) is 26.8. The summed E-state index contributed by atoms with van der Waals surface area (Å²) in [7, 11) is 0. The normalized spacial score (nSPS) is 19.7. The van der Waals surface area contributed by atoms with Gasteiger partial charge in [0, 0.05) is 6.07 Å². The Labute approximate surface area is 224 Å². The van der Waals surface area contributed by atoms with Crippen LogP contribution in [-0.4, -0.2) is 54.3 Å². The highest BCUT2D eigenvalue weighted by Crippen LogP contribution is 2.33. The fourth-order valence-corrected chi connectivity index (χ4v) is 5.13. The number of rotatable bonds is 9. The first-order valence-electron chi connectivity index (χ1n) is 13.0. The fraction of sp³-hybridized carbons (Fsp3) is 0.357. The molecule has 2 aromatic carbocycles. The number of hydrogen-bond acceptors (Lipinski definition) is 8. The molecule has 39 heavy (non-hydrogen) atoms. The van der Waals surface area contributed by atoms with Gasteiger partial charge in [0.05, 0.1) is 12.7 Å². The predicted molar refractivity (Wildman–Crippen MR) is 139 cm³/mol. The zero-order valence-corrected chi connectivity index (χ0v) is 21.2. The number of benzene rings is 2. The van der Waals surface area contributed by atoms with Gasteiger partial charge in [-0.1, -0.05) is 30.3 Å². The molecule has 6 rings (SSSR count). The standard InChI is InChI=1S/C28H28FN5O5/c29-23-11-21(37-15-17-4-2-1-3-5-17)10-19-8-18(9-22(19)23)12-30-7-6-20-14-34(28(36)39-20)24-13-31-27-26(32-24)33-25(35)16-38-27/h1-5,10-11,13,18,20,30H,6-9,12,14-16H2,(H,32,33,35). The van der Waals surface area contributed by atoms with Gasteiger partial charge in [-0.3, -0.25) is 9.69 Å². The van der Waals surface area contributed by atoms with Gasteiger partial charge in [-0.25, -0.2) is 19.2 Å². The minimum atomic E-state index is -0.510. The molecule has 2 unspecified atom stereocenters. The molecule has 11 heteroatoms. The highest BCUT2D eigenvalue weighted by atomic mass is 19.1. The summed E-state index contributed by atoms with van der Waals surface area (Å²) in [4.78, 5) is 33.8. The fourth-order valence-electron chi connectivity index (χ4n) is 5.13. The minimum Gasteiger partial charge on any atom is -0.489 e. The molecule has 0 spiro atoms. The van der Waals surface area contributed by atoms with E-state index in [1.165, 1.54) is 17.2 Å². The van der Waals surface area contributed by atoms with Crippen LogP contribution in [0.1, 0.15) is 23.1 Å². The number of cyclic esters (lactones) is 1. The Balaban J connectivity index is 0.962. The summed E-state index contributed by atoms with van der Waals surface area (Å²) < 4.78 is 31.3. The second-order valence-corrected chi connectivity index (χ2v) is 9.92. The lowest BCUT2D eigenvalue weighted by Crippen LogP contribution is -2.30. The summed E-state index contributed by atoms with van der Waals surface area (Å²) >= 11 is 0. The number of halogens is 1. The van der Waals surface area contributed by atoms with E-state index < -0.39 is 6.09 Å². The van der Waals surface area contributed by atoms with Gasteiger partial charge in [0.1, 0.15) is 24.3 Å². The van der Waals surface area contributed by atoms with Crippen LogP contribution in [0.4, 0.5) is 20.8 Å². The largest absolute Gasteiger partial charge is 0.489 e. The van der Waals surface area contributed by atoms with Crippen molar-refractivity contribution >= 4 is 23.6 Å². The first-order chi connectivity index (χ1) is 19.0. The summed E-state index contributed by atoms with van der Waals surface area (Å²) in [6.07, 6.45) is 2.68. The van der Waals surface area contributed by atoms with Crippen LogP contribution in [0.2, 0.25) is 0 Å². The molecule has 202 valence electrons. The molecule has 3 aromatic rings. The monoisotopic (exact) mass is 533 g/mol. The van der Waals surface area contributed by atoms with Crippen molar-refractivity contribution in [2.75, 3.05) is 36.5 Å². The molecule has 1 saturated heterocycles. The Morgan fingerprint density at radius 3 is 2.92 bits per heavy atom. The number of anilines is 2. The van der Waals surface area contributed by atoms with Gasteiger partial charge < -0.3 is 24.8 Å². The van der Waals surface area contributed by atoms with E-state index in [-0.39, 0.29) is 47.9 Å². The number of nitrogens with one attached hydrogen (secondary N) is 2. The number of aromatic nitrogens is 2. The van der Waals surface area contributed by atoms with Crippen molar-refractivity contribution in [2.24, 2.45) is 5.92 Å². The average molecular weight is 534 g/mol. The first-order valence-corrected chi connectivity index (χ1v) is 13.0. The minimum absolute atomic E-state index is 0.117. The molecule has 1 fully saturated rings. The molecule has 2 N–H and O–H groups in total. The van der Waals surface area contributed by atoms with Gasteiger partial charge in [0.15, 0.2) is 18.2 Å². The molecule has 3 aliphatic rings. The number of hydrogen-bond donors (Lipinski definition) is 2. The van der Waals surface area contributed by atoms with Crippen molar-refractivity contribution in [3.05, 3.63) is 71.2 Å². The quantitative estimate of drug-likeness (QED) is 0.403. The van der Waals surface area contributed by atoms with Crippen LogP contribution in [-0.2, 0) is 29.0 Å². The van der Waals surface area contributed by atoms with Crippen LogP contribution < -0.4 is 25.0 Å². The summed E-state index contributed by atoms with van der Waals surface area (Å²) in [6.45, 7) is 1.99. The molecule has 2 atom stereocenters. The molecule has 0 saturated carbocycles. The maximum atomic E-state index is 14.8. The summed E-state index contributed by atoms with van der Waals surface area (Å²) in [6, 6.07) is 13.2. The topological polar surface area (TPSA) is 115 Å². The van der Waals surface area contributed by atoms with E-state index in [0.717, 1.165) is 29.7 Å². The number of amides is 2. The maximum absolute atomic E-state index is 14.8. The first kappa shape index (κ1) is 25.1. The van der Waals surface area contributed by atoms with Gasteiger partial charge >= 0.3 is 6.09 Å². The molecule has 1 aliphatic carbocycles. The molecule has 3 heterocycles. The van der Waals surface area contributed by atoms with Crippen LogP contribution >= 0.6 is 0 Å². The summed E-state index contributed by atoms with van der Waals surface area (Å²) in [5.41, 5.74) is 2.80. The van der Waals surface area contributed by atoms with E-state index in [9.17, 15) is 14.0 Å². The van der Waals surface area contributed by atoms with Crippen LogP contribution in [0.3, 0.4) is 0 Å². The number of nitrogens with zero attached hydrogens (tertiary/aromatic N) is 3. The van der Waals surface area contributed by atoms with Crippen molar-refractivity contribution in [3.8, 4) is 11.6 Å². The third-order valence-corrected chi connectivity index (χ3v) is 7.06. The van der Waals surface area contributed by atoms with Gasteiger partial charge in [0.2, 0.25) is 0 Å². The Morgan fingerprint density at radius 2 is 2.05 bits per heavy atom. The van der Waals surface area contributed by atoms with Crippen LogP contribution in [0.25, 0.3) is 0 Å². The van der Waals surface area contributed by atoms with E-state index in [0.29, 0.717) is 38.3 Å². The molecule has 1 aromatic heterocycles. The van der Waals surface area contributed by atoms with E-state index in [2.05, 4.69) is 20.6 Å². The van der Waals surface area contributed by atoms with Crippen LogP contribution in [0, 0.1) is 11.7 Å². The van der Waals surface area contributed by atoms with Crippen LogP contribution in [0.5, 0.6) is 11.6 Å². The van der Waals surface area contributed by atoms with Gasteiger partial charge in [0.25, 0.3) is 11.8 Å². The third-order valence-electron chi connectivity index (χ3n) is 7.06. The highest BCUT2D eigenvalue weighted by Gasteiger charge is 2.34. The molecule has 2 aliphatic heterocycles. The van der Waals surface area contributed by atoms with Crippen LogP contribution in [0.15, 0.2) is 48.7 Å². The average Bonchev–Trinajstić information content (AvgIpc) is 3.53. The molecule has 10 nitrogen and oxygen atoms in total. The highest BCUT2D eigenvalue weighted by molar-refractivity contribution is 5.94. The van der Waals surface area contributed by atoms with Crippen molar-refractivity contribution in [1.29, 1.82) is 0 Å². The smallest absolute Gasteiger partial charge is 0.415 e. The van der Waals surface area contributed by atoms with Gasteiger partial charge in [-0.05, 0) is 61.0 Å². The van der Waals surface area contributed by atoms with E-state index in [1.807, 2.05) is 36.4 Å². The van der Waals surface area contributed by atoms with Gasteiger partial charge in [-0.15, -0.1) is 0 Å². The molecular formula is C28H28FN5O5. The van der Waals surface area contributed by atoms with Gasteiger partial charge in [-0.2, -0.15) is 0 Å². The molecular weight excluding hydrogens is 505 g/mol. The number of ether oxygens (including phenoxy) is 3. The zero-order valence-electron chi connectivity index (χ0n) is 21.2. The predicted octanol–water partition coefficient (Wildman–Crippen LogP) is 3.25. The number of fused-ring (bicyclic) bond motifs is 2. The Morgan fingerprint density at radius 1 is 1.18 bits per heavy atom. The second kappa shape index (κ2) is 10.9. The molecule has 0 radical (unpaired) electrons. The lowest BCUT2D eigenvalue weighted by Gasteiger charge is -2.18.